The van der Waals surface area contributed by atoms with Gasteiger partial charge in [0.1, 0.15) is 0 Å². The Bertz CT molecular complexity index is 366. The smallest absolute Gasteiger partial charge is 0.0262 e. The minimum absolute atomic E-state index is 0.462. The number of hydrogen-bond acceptors (Lipinski definition) is 3. The molecule has 0 radical (unpaired) electrons. The third-order valence-corrected chi connectivity index (χ3v) is 4.15. The van der Waals surface area contributed by atoms with Crippen molar-refractivity contribution in [1.82, 2.24) is 9.80 Å². The van der Waals surface area contributed by atoms with E-state index in [4.69, 9.17) is 5.73 Å². The third kappa shape index (κ3) is 4.03. The second kappa shape index (κ2) is 7.04. The number of likely N-dealkylation sites (N-methyl/N-ethyl adjacent to an activating group) is 1. The maximum absolute atomic E-state index is 6.04. The first-order chi connectivity index (χ1) is 9.20. The maximum Gasteiger partial charge on any atom is 0.0262 e. The first-order valence-corrected chi connectivity index (χ1v) is 7.39. The van der Waals surface area contributed by atoms with Crippen LogP contribution in [0.5, 0.6) is 0 Å². The highest BCUT2D eigenvalue weighted by Gasteiger charge is 2.25. The molecule has 1 aliphatic rings. The molecule has 19 heavy (non-hydrogen) atoms. The maximum atomic E-state index is 6.04. The summed E-state index contributed by atoms with van der Waals surface area (Å²) in [5.41, 5.74) is 7.44. The monoisotopic (exact) mass is 261 g/mol. The lowest BCUT2D eigenvalue weighted by molar-refractivity contribution is 0.145. The lowest BCUT2D eigenvalue weighted by Gasteiger charge is -2.35. The van der Waals surface area contributed by atoms with Crippen molar-refractivity contribution < 1.29 is 0 Å². The van der Waals surface area contributed by atoms with Gasteiger partial charge in [-0.25, -0.2) is 0 Å². The fraction of sp³-hybridized carbons (Fsp3) is 0.625. The number of nitrogens with zero attached hydrogens (tertiary/aromatic N) is 2. The van der Waals surface area contributed by atoms with Gasteiger partial charge in [-0.2, -0.15) is 0 Å². The molecule has 2 unspecified atom stereocenters. The van der Waals surface area contributed by atoms with Crippen LogP contribution in [0.4, 0.5) is 0 Å². The molecular formula is C16H27N3. The Kier molecular flexibility index (Phi) is 5.37. The van der Waals surface area contributed by atoms with Crippen LogP contribution in [0, 0.1) is 0 Å². The largest absolute Gasteiger partial charge is 0.329 e. The summed E-state index contributed by atoms with van der Waals surface area (Å²) in [6.07, 6.45) is 2.30. The van der Waals surface area contributed by atoms with Crippen molar-refractivity contribution in [3.05, 3.63) is 35.9 Å². The Morgan fingerprint density at radius 2 is 2.00 bits per heavy atom. The number of benzene rings is 1. The summed E-state index contributed by atoms with van der Waals surface area (Å²) in [5, 5.41) is 0. The minimum Gasteiger partial charge on any atom is -0.329 e. The summed E-state index contributed by atoms with van der Waals surface area (Å²) in [5.74, 6) is 0. The highest BCUT2D eigenvalue weighted by atomic mass is 15.2. The van der Waals surface area contributed by atoms with Gasteiger partial charge in [0.25, 0.3) is 0 Å². The van der Waals surface area contributed by atoms with E-state index >= 15 is 0 Å². The van der Waals surface area contributed by atoms with Crippen molar-refractivity contribution >= 4 is 0 Å². The Morgan fingerprint density at radius 1 is 1.26 bits per heavy atom. The van der Waals surface area contributed by atoms with E-state index in [9.17, 15) is 0 Å². The van der Waals surface area contributed by atoms with Crippen LogP contribution in [0.25, 0.3) is 0 Å². The molecule has 2 atom stereocenters. The quantitative estimate of drug-likeness (QED) is 0.893. The molecular weight excluding hydrogens is 234 g/mol. The van der Waals surface area contributed by atoms with Gasteiger partial charge >= 0.3 is 0 Å². The van der Waals surface area contributed by atoms with Gasteiger partial charge in [0, 0.05) is 31.7 Å². The molecule has 1 aliphatic heterocycles. The molecule has 0 bridgehead atoms. The Hall–Kier alpha value is -0.900. The van der Waals surface area contributed by atoms with Gasteiger partial charge in [-0.1, -0.05) is 30.3 Å². The molecule has 1 aromatic rings. The fourth-order valence-electron chi connectivity index (χ4n) is 3.16. The average Bonchev–Trinajstić information content (AvgIpc) is 2.58. The van der Waals surface area contributed by atoms with E-state index in [0.29, 0.717) is 12.1 Å². The Labute approximate surface area is 117 Å². The van der Waals surface area contributed by atoms with Crippen molar-refractivity contribution in [2.45, 2.75) is 31.8 Å². The minimum atomic E-state index is 0.462. The van der Waals surface area contributed by atoms with Gasteiger partial charge in [0.15, 0.2) is 0 Å². The zero-order chi connectivity index (χ0) is 13.7. The number of hydrogen-bond donors (Lipinski definition) is 1. The standard InChI is InChI=1S/C16H27N3/c1-14-13-18(2)9-6-10-19(14)16(12-17)11-15-7-4-3-5-8-15/h3-5,7-8,14,16H,6,9-13,17H2,1-2H3. The molecule has 106 valence electrons. The Morgan fingerprint density at radius 3 is 2.68 bits per heavy atom. The van der Waals surface area contributed by atoms with Crippen molar-refractivity contribution in [3.63, 3.8) is 0 Å². The van der Waals surface area contributed by atoms with E-state index in [1.165, 1.54) is 25.1 Å². The molecule has 0 amide bonds. The first kappa shape index (κ1) is 14.5. The fourth-order valence-corrected chi connectivity index (χ4v) is 3.16. The van der Waals surface area contributed by atoms with Gasteiger partial charge in [-0.05, 0) is 38.9 Å². The van der Waals surface area contributed by atoms with Gasteiger partial charge in [-0.15, -0.1) is 0 Å². The molecule has 2 rings (SSSR count). The van der Waals surface area contributed by atoms with E-state index in [0.717, 1.165) is 19.5 Å². The van der Waals surface area contributed by atoms with E-state index in [1.807, 2.05) is 0 Å². The van der Waals surface area contributed by atoms with E-state index in [1.54, 1.807) is 0 Å². The first-order valence-electron chi connectivity index (χ1n) is 7.39. The van der Waals surface area contributed by atoms with Gasteiger partial charge in [0.2, 0.25) is 0 Å². The molecule has 0 aromatic heterocycles. The molecule has 1 aromatic carbocycles. The summed E-state index contributed by atoms with van der Waals surface area (Å²) >= 11 is 0. The molecule has 0 spiro atoms. The molecule has 2 N–H and O–H groups in total. The van der Waals surface area contributed by atoms with E-state index < -0.39 is 0 Å². The highest BCUT2D eigenvalue weighted by Crippen LogP contribution is 2.15. The topological polar surface area (TPSA) is 32.5 Å². The molecule has 1 saturated heterocycles. The molecule has 1 fully saturated rings. The van der Waals surface area contributed by atoms with Crippen LogP contribution in [0.15, 0.2) is 30.3 Å². The molecule has 3 nitrogen and oxygen atoms in total. The number of rotatable bonds is 4. The highest BCUT2D eigenvalue weighted by molar-refractivity contribution is 5.16. The van der Waals surface area contributed by atoms with Crippen LogP contribution in [0.3, 0.4) is 0 Å². The summed E-state index contributed by atoms with van der Waals surface area (Å²) in [6.45, 7) is 6.58. The van der Waals surface area contributed by atoms with Crippen molar-refractivity contribution in [2.24, 2.45) is 5.73 Å². The van der Waals surface area contributed by atoms with Gasteiger partial charge in [-0.3, -0.25) is 4.90 Å². The van der Waals surface area contributed by atoms with Crippen LogP contribution >= 0.6 is 0 Å². The summed E-state index contributed by atoms with van der Waals surface area (Å²) in [7, 11) is 2.22. The number of nitrogens with two attached hydrogens (primary N) is 1. The SMILES string of the molecule is CC1CN(C)CCCN1C(CN)Cc1ccccc1. The van der Waals surface area contributed by atoms with Crippen LogP contribution in [0.1, 0.15) is 18.9 Å². The van der Waals surface area contributed by atoms with Gasteiger partial charge < -0.3 is 10.6 Å². The lowest BCUT2D eigenvalue weighted by Crippen LogP contribution is -2.48. The van der Waals surface area contributed by atoms with Crippen molar-refractivity contribution in [1.29, 1.82) is 0 Å². The molecule has 1 heterocycles. The van der Waals surface area contributed by atoms with Gasteiger partial charge in [0.05, 0.1) is 0 Å². The van der Waals surface area contributed by atoms with Crippen molar-refractivity contribution in [3.8, 4) is 0 Å². The normalized spacial score (nSPS) is 24.1. The van der Waals surface area contributed by atoms with Crippen LogP contribution < -0.4 is 5.73 Å². The van der Waals surface area contributed by atoms with Crippen LogP contribution in [-0.2, 0) is 6.42 Å². The average molecular weight is 261 g/mol. The lowest BCUT2D eigenvalue weighted by atomic mass is 10.0. The second-order valence-electron chi connectivity index (χ2n) is 5.78. The Balaban J connectivity index is 2.03. The summed E-state index contributed by atoms with van der Waals surface area (Å²) in [4.78, 5) is 5.04. The summed E-state index contributed by atoms with van der Waals surface area (Å²) < 4.78 is 0. The van der Waals surface area contributed by atoms with Crippen LogP contribution in [0.2, 0.25) is 0 Å². The summed E-state index contributed by atoms with van der Waals surface area (Å²) in [6, 6.07) is 11.8. The molecule has 3 heteroatoms. The predicted molar refractivity (Wildman–Crippen MR) is 81.3 cm³/mol. The molecule has 0 aliphatic carbocycles. The second-order valence-corrected chi connectivity index (χ2v) is 5.78. The third-order valence-electron chi connectivity index (χ3n) is 4.15. The van der Waals surface area contributed by atoms with Crippen LogP contribution in [-0.4, -0.2) is 55.1 Å². The zero-order valence-corrected chi connectivity index (χ0v) is 12.3. The molecule has 0 saturated carbocycles. The predicted octanol–water partition coefficient (Wildman–Crippen LogP) is 1.58. The van der Waals surface area contributed by atoms with Crippen molar-refractivity contribution in [2.75, 3.05) is 33.2 Å². The van der Waals surface area contributed by atoms with E-state index in [2.05, 4.69) is 54.1 Å². The zero-order valence-electron chi connectivity index (χ0n) is 12.3. The van der Waals surface area contributed by atoms with E-state index in [-0.39, 0.29) is 0 Å².